The van der Waals surface area contributed by atoms with Gasteiger partial charge in [-0.25, -0.2) is 0 Å². The Morgan fingerprint density at radius 3 is 2.53 bits per heavy atom. The van der Waals surface area contributed by atoms with Crippen molar-refractivity contribution in [1.82, 2.24) is 5.32 Å². The smallest absolute Gasteiger partial charge is 0.251 e. The molecule has 0 fully saturated rings. The lowest BCUT2D eigenvalue weighted by Gasteiger charge is -2.14. The van der Waals surface area contributed by atoms with Crippen LogP contribution in [0.15, 0.2) is 48.5 Å². The van der Waals surface area contributed by atoms with E-state index < -0.39 is 0 Å². The number of amides is 1. The van der Waals surface area contributed by atoms with E-state index in [2.05, 4.69) is 5.32 Å². The minimum atomic E-state index is -0.133. The number of halogens is 1. The van der Waals surface area contributed by atoms with E-state index in [-0.39, 0.29) is 11.9 Å². The summed E-state index contributed by atoms with van der Waals surface area (Å²) in [6.07, 6.45) is 0. The number of carbonyl (C=O) groups excluding carboxylic acids is 1. The van der Waals surface area contributed by atoms with Crippen LogP contribution >= 0.6 is 11.6 Å². The summed E-state index contributed by atoms with van der Waals surface area (Å²) in [6.45, 7) is 1.92. The standard InChI is InChI=1S/C15H15ClN2O/c1-10(12-3-2-4-14(17)9-12)18-15(19)11-5-7-13(16)8-6-11/h2-10H,17H2,1H3,(H,18,19). The molecule has 0 radical (unpaired) electrons. The van der Waals surface area contributed by atoms with Gasteiger partial charge >= 0.3 is 0 Å². The Kier molecular flexibility index (Phi) is 4.07. The van der Waals surface area contributed by atoms with Gasteiger partial charge in [-0.2, -0.15) is 0 Å². The molecule has 0 heterocycles. The SMILES string of the molecule is CC(NC(=O)c1ccc(Cl)cc1)c1cccc(N)c1. The Morgan fingerprint density at radius 2 is 1.89 bits per heavy atom. The van der Waals surface area contributed by atoms with Crippen LogP contribution in [-0.2, 0) is 0 Å². The van der Waals surface area contributed by atoms with Crippen molar-refractivity contribution in [1.29, 1.82) is 0 Å². The lowest BCUT2D eigenvalue weighted by atomic mass is 10.1. The van der Waals surface area contributed by atoms with Gasteiger partial charge in [-0.3, -0.25) is 4.79 Å². The Bertz CT molecular complexity index is 581. The Labute approximate surface area is 117 Å². The average Bonchev–Trinajstić information content (AvgIpc) is 2.39. The Hall–Kier alpha value is -2.00. The molecule has 0 aromatic heterocycles. The quantitative estimate of drug-likeness (QED) is 0.843. The van der Waals surface area contributed by atoms with Gasteiger partial charge in [0, 0.05) is 16.3 Å². The topological polar surface area (TPSA) is 55.1 Å². The molecular weight excluding hydrogens is 260 g/mol. The van der Waals surface area contributed by atoms with Crippen LogP contribution in [0.5, 0.6) is 0 Å². The second-order valence-electron chi connectivity index (χ2n) is 4.37. The van der Waals surface area contributed by atoms with E-state index in [0.29, 0.717) is 16.3 Å². The molecule has 98 valence electrons. The zero-order valence-corrected chi connectivity index (χ0v) is 11.3. The maximum Gasteiger partial charge on any atom is 0.251 e. The minimum Gasteiger partial charge on any atom is -0.399 e. The normalized spacial score (nSPS) is 11.9. The number of hydrogen-bond acceptors (Lipinski definition) is 2. The van der Waals surface area contributed by atoms with E-state index in [4.69, 9.17) is 17.3 Å². The van der Waals surface area contributed by atoms with Crippen molar-refractivity contribution in [3.63, 3.8) is 0 Å². The summed E-state index contributed by atoms with van der Waals surface area (Å²) in [5, 5.41) is 3.53. The molecular formula is C15H15ClN2O. The van der Waals surface area contributed by atoms with Crippen LogP contribution in [0.3, 0.4) is 0 Å². The summed E-state index contributed by atoms with van der Waals surface area (Å²) in [4.78, 5) is 12.0. The van der Waals surface area contributed by atoms with E-state index in [0.717, 1.165) is 5.56 Å². The van der Waals surface area contributed by atoms with Crippen molar-refractivity contribution < 1.29 is 4.79 Å². The number of carbonyl (C=O) groups is 1. The molecule has 0 spiro atoms. The van der Waals surface area contributed by atoms with Gasteiger partial charge in [0.1, 0.15) is 0 Å². The second-order valence-corrected chi connectivity index (χ2v) is 4.81. The number of nitrogen functional groups attached to an aromatic ring is 1. The van der Waals surface area contributed by atoms with Crippen LogP contribution in [0.1, 0.15) is 28.9 Å². The van der Waals surface area contributed by atoms with Gasteiger partial charge in [0.2, 0.25) is 0 Å². The van der Waals surface area contributed by atoms with Crippen molar-refractivity contribution >= 4 is 23.2 Å². The highest BCUT2D eigenvalue weighted by molar-refractivity contribution is 6.30. The monoisotopic (exact) mass is 274 g/mol. The van der Waals surface area contributed by atoms with E-state index >= 15 is 0 Å². The minimum absolute atomic E-state index is 0.105. The van der Waals surface area contributed by atoms with Crippen molar-refractivity contribution in [3.8, 4) is 0 Å². The van der Waals surface area contributed by atoms with Crippen LogP contribution in [0, 0.1) is 0 Å². The fourth-order valence-electron chi connectivity index (χ4n) is 1.79. The van der Waals surface area contributed by atoms with Crippen molar-refractivity contribution in [2.24, 2.45) is 0 Å². The van der Waals surface area contributed by atoms with Gasteiger partial charge in [-0.15, -0.1) is 0 Å². The molecule has 1 amide bonds. The summed E-state index contributed by atoms with van der Waals surface area (Å²) >= 11 is 5.79. The van der Waals surface area contributed by atoms with Crippen LogP contribution in [0.2, 0.25) is 5.02 Å². The molecule has 1 atom stereocenters. The van der Waals surface area contributed by atoms with Crippen molar-refractivity contribution in [3.05, 3.63) is 64.7 Å². The van der Waals surface area contributed by atoms with Gasteiger partial charge in [0.15, 0.2) is 0 Å². The highest BCUT2D eigenvalue weighted by Crippen LogP contribution is 2.16. The van der Waals surface area contributed by atoms with Gasteiger partial charge in [-0.1, -0.05) is 23.7 Å². The number of rotatable bonds is 3. The molecule has 0 aliphatic heterocycles. The fraction of sp³-hybridized carbons (Fsp3) is 0.133. The summed E-state index contributed by atoms with van der Waals surface area (Å²) in [6, 6.07) is 14.2. The van der Waals surface area contributed by atoms with E-state index in [9.17, 15) is 4.79 Å². The van der Waals surface area contributed by atoms with Crippen LogP contribution in [0.25, 0.3) is 0 Å². The molecule has 1 unspecified atom stereocenters. The van der Waals surface area contributed by atoms with Gasteiger partial charge in [0.05, 0.1) is 6.04 Å². The van der Waals surface area contributed by atoms with E-state index in [1.54, 1.807) is 24.3 Å². The van der Waals surface area contributed by atoms with Gasteiger partial charge in [0.25, 0.3) is 5.91 Å². The molecule has 2 aromatic carbocycles. The zero-order valence-electron chi connectivity index (χ0n) is 10.6. The van der Waals surface area contributed by atoms with Crippen LogP contribution < -0.4 is 11.1 Å². The lowest BCUT2D eigenvalue weighted by Crippen LogP contribution is -2.26. The third kappa shape index (κ3) is 3.48. The summed E-state index contributed by atoms with van der Waals surface area (Å²) in [5.74, 6) is -0.133. The van der Waals surface area contributed by atoms with Crippen molar-refractivity contribution in [2.75, 3.05) is 5.73 Å². The molecule has 0 aliphatic rings. The second kappa shape index (κ2) is 5.76. The maximum atomic E-state index is 12.0. The van der Waals surface area contributed by atoms with Gasteiger partial charge < -0.3 is 11.1 Å². The summed E-state index contributed by atoms with van der Waals surface area (Å²) in [7, 11) is 0. The highest BCUT2D eigenvalue weighted by atomic mass is 35.5. The summed E-state index contributed by atoms with van der Waals surface area (Å²) in [5.41, 5.74) is 7.97. The first kappa shape index (κ1) is 13.4. The van der Waals surface area contributed by atoms with E-state index in [1.807, 2.05) is 31.2 Å². The molecule has 3 nitrogen and oxygen atoms in total. The maximum absolute atomic E-state index is 12.0. The fourth-order valence-corrected chi connectivity index (χ4v) is 1.92. The first-order valence-electron chi connectivity index (χ1n) is 5.98. The predicted octanol–water partition coefficient (Wildman–Crippen LogP) is 3.41. The van der Waals surface area contributed by atoms with Crippen LogP contribution in [-0.4, -0.2) is 5.91 Å². The molecule has 0 saturated carbocycles. The van der Waals surface area contributed by atoms with Gasteiger partial charge in [-0.05, 0) is 48.9 Å². The Morgan fingerprint density at radius 1 is 1.21 bits per heavy atom. The third-order valence-corrected chi connectivity index (χ3v) is 3.12. The molecule has 0 aliphatic carbocycles. The third-order valence-electron chi connectivity index (χ3n) is 2.86. The largest absolute Gasteiger partial charge is 0.399 e. The number of nitrogens with two attached hydrogens (primary N) is 1. The number of benzene rings is 2. The molecule has 4 heteroatoms. The predicted molar refractivity (Wildman–Crippen MR) is 78.2 cm³/mol. The first-order chi connectivity index (χ1) is 9.06. The highest BCUT2D eigenvalue weighted by Gasteiger charge is 2.11. The summed E-state index contributed by atoms with van der Waals surface area (Å²) < 4.78 is 0. The first-order valence-corrected chi connectivity index (χ1v) is 6.36. The lowest BCUT2D eigenvalue weighted by molar-refractivity contribution is 0.0940. The van der Waals surface area contributed by atoms with Crippen molar-refractivity contribution in [2.45, 2.75) is 13.0 Å². The van der Waals surface area contributed by atoms with Crippen LogP contribution in [0.4, 0.5) is 5.69 Å². The molecule has 2 aromatic rings. The molecule has 0 saturated heterocycles. The zero-order chi connectivity index (χ0) is 13.8. The average molecular weight is 275 g/mol. The molecule has 19 heavy (non-hydrogen) atoms. The molecule has 0 bridgehead atoms. The van der Waals surface area contributed by atoms with E-state index in [1.165, 1.54) is 0 Å². The number of hydrogen-bond donors (Lipinski definition) is 2. The molecule has 3 N–H and O–H groups in total. The Balaban J connectivity index is 2.08. The number of nitrogens with one attached hydrogen (secondary N) is 1. The molecule has 2 rings (SSSR count). The number of anilines is 1.